The van der Waals surface area contributed by atoms with Gasteiger partial charge >= 0.3 is 0 Å². The van der Waals surface area contributed by atoms with Crippen LogP contribution in [0, 0.1) is 0 Å². The lowest BCUT2D eigenvalue weighted by Crippen LogP contribution is -2.02. The molecular formula is C59H39N5. The molecule has 0 radical (unpaired) electrons. The first-order valence-corrected chi connectivity index (χ1v) is 21.6. The van der Waals surface area contributed by atoms with Gasteiger partial charge in [-0.15, -0.1) is 0 Å². The zero-order valence-electron chi connectivity index (χ0n) is 34.8. The highest BCUT2D eigenvalue weighted by atomic mass is 15.2. The van der Waals surface area contributed by atoms with Gasteiger partial charge in [0.25, 0.3) is 0 Å². The Morgan fingerprint density at radius 1 is 0.281 bits per heavy atom. The van der Waals surface area contributed by atoms with Crippen LogP contribution in [0.4, 0.5) is 0 Å². The minimum atomic E-state index is 0.689. The summed E-state index contributed by atoms with van der Waals surface area (Å²) < 4.78 is 4.70. The van der Waals surface area contributed by atoms with Crippen LogP contribution in [-0.2, 0) is 0 Å². The van der Waals surface area contributed by atoms with Crippen LogP contribution in [-0.4, -0.2) is 23.9 Å². The van der Waals surface area contributed by atoms with Crippen LogP contribution in [0.1, 0.15) is 0 Å². The number of imidazole rings is 2. The van der Waals surface area contributed by atoms with Gasteiger partial charge in [-0.2, -0.15) is 0 Å². The molecule has 0 aliphatic carbocycles. The quantitative estimate of drug-likeness (QED) is 0.153. The molecule has 3 aromatic heterocycles. The summed E-state index contributed by atoms with van der Waals surface area (Å²) in [7, 11) is 0. The van der Waals surface area contributed by atoms with Crippen molar-refractivity contribution in [2.45, 2.75) is 0 Å². The zero-order valence-corrected chi connectivity index (χ0v) is 34.8. The zero-order chi connectivity index (χ0) is 42.4. The lowest BCUT2D eigenvalue weighted by molar-refractivity contribution is 1.11. The molecule has 9 aromatic carbocycles. The molecule has 0 aliphatic heterocycles. The van der Waals surface area contributed by atoms with Crippen LogP contribution in [0.5, 0.6) is 0 Å². The van der Waals surface area contributed by atoms with Gasteiger partial charge < -0.3 is 0 Å². The Balaban J connectivity index is 1.02. The van der Waals surface area contributed by atoms with Gasteiger partial charge in [0.2, 0.25) is 5.78 Å². The molecule has 0 fully saturated rings. The maximum Gasteiger partial charge on any atom is 0.220 e. The van der Waals surface area contributed by atoms with E-state index in [1.807, 2.05) is 36.4 Å². The number of benzene rings is 9. The second kappa shape index (κ2) is 15.7. The number of hydrogen-bond donors (Lipinski definition) is 0. The van der Waals surface area contributed by atoms with Gasteiger partial charge in [-0.1, -0.05) is 194 Å². The number of hydrogen-bond acceptors (Lipinski definition) is 3. The predicted octanol–water partition coefficient (Wildman–Crippen LogP) is 14.9. The minimum absolute atomic E-state index is 0.689. The van der Waals surface area contributed by atoms with Gasteiger partial charge in [-0.05, 0) is 75.8 Å². The van der Waals surface area contributed by atoms with E-state index in [0.29, 0.717) is 5.82 Å². The number of para-hydroxylation sites is 2. The number of fused-ring (bicyclic) bond motifs is 5. The summed E-state index contributed by atoms with van der Waals surface area (Å²) in [4.78, 5) is 15.6. The van der Waals surface area contributed by atoms with Crippen molar-refractivity contribution in [2.24, 2.45) is 0 Å². The third-order valence-electron chi connectivity index (χ3n) is 12.2. The Bertz CT molecular complexity index is 3500. The van der Waals surface area contributed by atoms with Crippen molar-refractivity contribution in [1.29, 1.82) is 0 Å². The summed E-state index contributed by atoms with van der Waals surface area (Å²) in [6.45, 7) is 0. The lowest BCUT2D eigenvalue weighted by Gasteiger charge is -2.20. The van der Waals surface area contributed by atoms with E-state index in [-0.39, 0.29) is 0 Å². The van der Waals surface area contributed by atoms with E-state index < -0.39 is 0 Å². The van der Waals surface area contributed by atoms with Gasteiger partial charge in [0.1, 0.15) is 0 Å². The molecule has 0 saturated carbocycles. The molecule has 12 rings (SSSR count). The fourth-order valence-corrected chi connectivity index (χ4v) is 9.05. The molecule has 0 spiro atoms. The predicted molar refractivity (Wildman–Crippen MR) is 263 cm³/mol. The van der Waals surface area contributed by atoms with Crippen LogP contribution < -0.4 is 0 Å². The number of nitrogens with zero attached hydrogens (tertiary/aromatic N) is 5. The molecule has 0 N–H and O–H groups in total. The molecule has 0 amide bonds. The van der Waals surface area contributed by atoms with Crippen LogP contribution in [0.15, 0.2) is 237 Å². The Morgan fingerprint density at radius 3 is 1.27 bits per heavy atom. The van der Waals surface area contributed by atoms with Gasteiger partial charge in [0.15, 0.2) is 5.82 Å². The standard InChI is InChI=1S/C59H39N5/c1-6-18-40(19-7-1)48-36-49(42-20-8-2-9-21-42)57(50(37-48)43-22-10-3-11-23-43)64-55-29-17-16-28-54(55)63-56-38-47(34-35-51(56)62-59(63)64)41-30-32-46(33-31-41)58-60-52(44-24-12-4-13-25-44)39-53(61-58)45-26-14-5-15-27-45/h1-39H. The molecule has 64 heavy (non-hydrogen) atoms. The maximum atomic E-state index is 5.44. The molecule has 0 unspecified atom stereocenters. The van der Waals surface area contributed by atoms with Crippen LogP contribution in [0.3, 0.4) is 0 Å². The van der Waals surface area contributed by atoms with E-state index in [1.54, 1.807) is 0 Å². The van der Waals surface area contributed by atoms with Crippen molar-refractivity contribution in [3.63, 3.8) is 0 Å². The average Bonchev–Trinajstić information content (AvgIpc) is 3.91. The second-order valence-electron chi connectivity index (χ2n) is 16.1. The van der Waals surface area contributed by atoms with Crippen molar-refractivity contribution in [1.82, 2.24) is 23.9 Å². The summed E-state index contributed by atoms with van der Waals surface area (Å²) in [6, 6.07) is 83.4. The molecule has 300 valence electrons. The first-order chi connectivity index (χ1) is 31.7. The van der Waals surface area contributed by atoms with Crippen molar-refractivity contribution < 1.29 is 0 Å². The normalized spacial score (nSPS) is 11.4. The highest BCUT2D eigenvalue weighted by Crippen LogP contribution is 2.43. The van der Waals surface area contributed by atoms with Crippen LogP contribution in [0.2, 0.25) is 0 Å². The Hall–Kier alpha value is -8.67. The topological polar surface area (TPSA) is 48.0 Å². The van der Waals surface area contributed by atoms with E-state index in [1.165, 1.54) is 5.56 Å². The summed E-state index contributed by atoms with van der Waals surface area (Å²) in [5.41, 5.74) is 19.1. The summed E-state index contributed by atoms with van der Waals surface area (Å²) >= 11 is 0. The first kappa shape index (κ1) is 37.1. The van der Waals surface area contributed by atoms with Gasteiger partial charge in [0, 0.05) is 27.8 Å². The van der Waals surface area contributed by atoms with E-state index in [2.05, 4.69) is 209 Å². The van der Waals surface area contributed by atoms with Crippen LogP contribution in [0.25, 0.3) is 112 Å². The summed E-state index contributed by atoms with van der Waals surface area (Å²) in [5.74, 6) is 1.55. The largest absolute Gasteiger partial charge is 0.277 e. The highest BCUT2D eigenvalue weighted by Gasteiger charge is 2.24. The van der Waals surface area contributed by atoms with E-state index in [4.69, 9.17) is 15.0 Å². The SMILES string of the molecule is c1ccc(-c2cc(-c3ccccc3)c(-n3c4ccccc4n4c5cc(-c6ccc(-c7nc(-c8ccccc8)cc(-c8ccccc8)n7)cc6)ccc5nc34)c(-c3ccccc3)c2)cc1. The third kappa shape index (κ3) is 6.55. The first-order valence-electron chi connectivity index (χ1n) is 21.6. The van der Waals surface area contributed by atoms with Gasteiger partial charge in [0.05, 0.1) is 39.1 Å². The fraction of sp³-hybridized carbons (Fsp3) is 0. The molecule has 3 heterocycles. The van der Waals surface area contributed by atoms with E-state index in [0.717, 1.165) is 101 Å². The highest BCUT2D eigenvalue weighted by molar-refractivity contribution is 5.98. The van der Waals surface area contributed by atoms with Crippen molar-refractivity contribution in [2.75, 3.05) is 0 Å². The van der Waals surface area contributed by atoms with Crippen LogP contribution >= 0.6 is 0 Å². The molecule has 0 atom stereocenters. The summed E-state index contributed by atoms with van der Waals surface area (Å²) in [6.07, 6.45) is 0. The second-order valence-corrected chi connectivity index (χ2v) is 16.1. The molecule has 0 saturated heterocycles. The van der Waals surface area contributed by atoms with Crippen molar-refractivity contribution >= 4 is 27.8 Å². The Labute approximate surface area is 370 Å². The number of rotatable bonds is 8. The smallest absolute Gasteiger partial charge is 0.220 e. The lowest BCUT2D eigenvalue weighted by atomic mass is 9.90. The third-order valence-corrected chi connectivity index (χ3v) is 12.2. The van der Waals surface area contributed by atoms with E-state index >= 15 is 0 Å². The van der Waals surface area contributed by atoms with Crippen molar-refractivity contribution in [3.8, 4) is 84.1 Å². The Kier molecular flexibility index (Phi) is 9.08. The molecule has 0 aliphatic rings. The molecule has 5 nitrogen and oxygen atoms in total. The monoisotopic (exact) mass is 817 g/mol. The maximum absolute atomic E-state index is 5.44. The summed E-state index contributed by atoms with van der Waals surface area (Å²) in [5, 5.41) is 0. The molecule has 0 bridgehead atoms. The van der Waals surface area contributed by atoms with Gasteiger partial charge in [-0.3, -0.25) is 8.97 Å². The number of aromatic nitrogens is 5. The average molecular weight is 818 g/mol. The molecule has 5 heteroatoms. The minimum Gasteiger partial charge on any atom is -0.277 e. The van der Waals surface area contributed by atoms with Gasteiger partial charge in [-0.25, -0.2) is 15.0 Å². The van der Waals surface area contributed by atoms with Crippen molar-refractivity contribution in [3.05, 3.63) is 237 Å². The molecule has 12 aromatic rings. The molecular weight excluding hydrogens is 779 g/mol. The fourth-order valence-electron chi connectivity index (χ4n) is 9.05. The Morgan fingerprint density at radius 2 is 0.719 bits per heavy atom. The van der Waals surface area contributed by atoms with E-state index in [9.17, 15) is 0 Å².